The van der Waals surface area contributed by atoms with Gasteiger partial charge in [-0.05, 0) is 64.2 Å². The molecule has 0 aromatic rings. The molecule has 0 aromatic heterocycles. The number of aliphatic hydroxyl groups is 1. The smallest absolute Gasteiger partial charge is 0.387 e. The number of amides is 1. The molecule has 0 fully saturated rings. The molecular weight excluding hydrogens is 780 g/mol. The summed E-state index contributed by atoms with van der Waals surface area (Å²) in [6.07, 6.45) is 62.4. The molecule has 3 atom stereocenters. The van der Waals surface area contributed by atoms with Gasteiger partial charge in [-0.3, -0.25) is 13.8 Å². The van der Waals surface area contributed by atoms with Crippen LogP contribution >= 0.6 is 7.82 Å². The number of nitrogens with two attached hydrogens (primary N) is 1. The number of carbonyl (C=O) groups excluding carboxylic acids is 1. The Morgan fingerprint density at radius 3 is 1.39 bits per heavy atom. The van der Waals surface area contributed by atoms with E-state index in [-0.39, 0.29) is 25.7 Å². The highest BCUT2D eigenvalue weighted by Gasteiger charge is 2.26. The standard InChI is InChI=1S/C52H95N2O6P/c1-3-5-7-9-11-13-15-17-19-21-23-24-25-26-28-30-32-34-36-38-40-42-44-46-52(56)54-50(49-60-61(57,58)59-48-47-53)51(55)45-43-41-39-37-35-33-31-29-27-22-20-18-16-14-12-10-8-6-4-2/h5,7,11,13,17,19,23-24,26,28,43,45,50-51,55H,3-4,6,8-10,12,14-16,18,20-22,25,27,29-42,44,46-49,53H2,1-2H3,(H,54,56)(H,57,58)/b7-5-,13-11-,19-17-,24-23-,28-26-,45-43+. The van der Waals surface area contributed by atoms with Gasteiger partial charge < -0.3 is 21.1 Å². The van der Waals surface area contributed by atoms with Crippen molar-refractivity contribution in [3.05, 3.63) is 72.9 Å². The normalized spacial score (nSPS) is 14.5. The van der Waals surface area contributed by atoms with Crippen molar-refractivity contribution >= 4 is 13.7 Å². The summed E-state index contributed by atoms with van der Waals surface area (Å²) in [7, 11) is -4.35. The Hall–Kier alpha value is -2.06. The summed E-state index contributed by atoms with van der Waals surface area (Å²) >= 11 is 0. The number of aliphatic hydroxyl groups excluding tert-OH is 1. The predicted molar refractivity (Wildman–Crippen MR) is 263 cm³/mol. The number of rotatable bonds is 46. The Morgan fingerprint density at radius 1 is 0.557 bits per heavy atom. The average Bonchev–Trinajstić information content (AvgIpc) is 3.25. The van der Waals surface area contributed by atoms with Crippen LogP contribution < -0.4 is 11.1 Å². The molecule has 1 amide bonds. The lowest BCUT2D eigenvalue weighted by Gasteiger charge is -2.23. The van der Waals surface area contributed by atoms with E-state index in [4.69, 9.17) is 14.8 Å². The number of unbranched alkanes of at least 4 members (excludes halogenated alkanes) is 24. The van der Waals surface area contributed by atoms with Crippen LogP contribution in [0, 0.1) is 0 Å². The minimum absolute atomic E-state index is 0.0734. The van der Waals surface area contributed by atoms with E-state index in [9.17, 15) is 19.4 Å². The van der Waals surface area contributed by atoms with Gasteiger partial charge in [0.05, 0.1) is 25.4 Å². The van der Waals surface area contributed by atoms with Crippen LogP contribution in [0.4, 0.5) is 0 Å². The van der Waals surface area contributed by atoms with Crippen LogP contribution in [0.2, 0.25) is 0 Å². The molecule has 0 saturated carbocycles. The van der Waals surface area contributed by atoms with Crippen LogP contribution in [0.1, 0.15) is 219 Å². The molecule has 0 aliphatic rings. The topological polar surface area (TPSA) is 131 Å². The number of phosphoric acid groups is 1. The summed E-state index contributed by atoms with van der Waals surface area (Å²) in [5, 5.41) is 13.7. The van der Waals surface area contributed by atoms with Gasteiger partial charge >= 0.3 is 7.82 Å². The van der Waals surface area contributed by atoms with Gasteiger partial charge in [0.1, 0.15) is 0 Å². The van der Waals surface area contributed by atoms with E-state index in [1.54, 1.807) is 6.08 Å². The van der Waals surface area contributed by atoms with Gasteiger partial charge in [-0.15, -0.1) is 0 Å². The molecule has 0 bridgehead atoms. The summed E-state index contributed by atoms with van der Waals surface area (Å²) in [5.74, 6) is -0.207. The summed E-state index contributed by atoms with van der Waals surface area (Å²) in [4.78, 5) is 22.8. The molecule has 0 aromatic carbocycles. The zero-order chi connectivity index (χ0) is 44.6. The van der Waals surface area contributed by atoms with E-state index in [1.807, 2.05) is 6.08 Å². The maximum Gasteiger partial charge on any atom is 0.472 e. The van der Waals surface area contributed by atoms with Gasteiger partial charge in [-0.2, -0.15) is 0 Å². The number of allylic oxidation sites excluding steroid dienone is 11. The lowest BCUT2D eigenvalue weighted by atomic mass is 10.0. The van der Waals surface area contributed by atoms with E-state index in [0.29, 0.717) is 6.42 Å². The fraction of sp³-hybridized carbons (Fsp3) is 0.750. The first-order valence-electron chi connectivity index (χ1n) is 25.1. The minimum Gasteiger partial charge on any atom is -0.387 e. The molecule has 0 aliphatic carbocycles. The van der Waals surface area contributed by atoms with Crippen molar-refractivity contribution in [1.82, 2.24) is 5.32 Å². The summed E-state index contributed by atoms with van der Waals surface area (Å²) in [5.41, 5.74) is 5.39. The second kappa shape index (κ2) is 47.4. The van der Waals surface area contributed by atoms with E-state index in [0.717, 1.165) is 83.5 Å². The highest BCUT2D eigenvalue weighted by atomic mass is 31.2. The maximum atomic E-state index is 12.8. The molecule has 0 aliphatic heterocycles. The van der Waals surface area contributed by atoms with E-state index in [1.165, 1.54) is 116 Å². The van der Waals surface area contributed by atoms with Crippen LogP contribution in [0.15, 0.2) is 72.9 Å². The second-order valence-electron chi connectivity index (χ2n) is 16.6. The molecule has 9 heteroatoms. The van der Waals surface area contributed by atoms with Crippen LogP contribution in [0.5, 0.6) is 0 Å². The SMILES string of the molecule is CC/C=C\C/C=C\C/C=C\C/C=C\C/C=C\CCCCCCCCCC(=O)NC(COP(=O)(O)OCCN)C(O)/C=C/CCCCCCCCCCCCCCCCCCC. The molecule has 0 saturated heterocycles. The quantitative estimate of drug-likeness (QED) is 0.0272. The first-order chi connectivity index (χ1) is 29.9. The van der Waals surface area contributed by atoms with E-state index >= 15 is 0 Å². The zero-order valence-electron chi connectivity index (χ0n) is 39.4. The van der Waals surface area contributed by atoms with Gasteiger partial charge in [-0.1, -0.05) is 222 Å². The zero-order valence-corrected chi connectivity index (χ0v) is 40.3. The van der Waals surface area contributed by atoms with Crippen LogP contribution in [-0.4, -0.2) is 47.8 Å². The minimum atomic E-state index is -4.35. The number of phosphoric ester groups is 1. The van der Waals surface area contributed by atoms with Crippen molar-refractivity contribution < 1.29 is 28.4 Å². The predicted octanol–water partition coefficient (Wildman–Crippen LogP) is 14.8. The summed E-state index contributed by atoms with van der Waals surface area (Å²) in [6, 6.07) is -0.871. The first-order valence-corrected chi connectivity index (χ1v) is 26.6. The van der Waals surface area contributed by atoms with Crippen molar-refractivity contribution in [2.45, 2.75) is 231 Å². The Balaban J connectivity index is 4.16. The molecular formula is C52H95N2O6P. The molecule has 354 valence electrons. The fourth-order valence-corrected chi connectivity index (χ4v) is 7.80. The van der Waals surface area contributed by atoms with E-state index in [2.05, 4.69) is 79.9 Å². The molecule has 0 radical (unpaired) electrons. The van der Waals surface area contributed by atoms with Crippen molar-refractivity contribution in [2.75, 3.05) is 19.8 Å². The third kappa shape index (κ3) is 45.8. The lowest BCUT2D eigenvalue weighted by molar-refractivity contribution is -0.123. The van der Waals surface area contributed by atoms with Crippen LogP contribution in [0.25, 0.3) is 0 Å². The number of hydrogen-bond donors (Lipinski definition) is 4. The Bertz CT molecular complexity index is 1180. The maximum absolute atomic E-state index is 12.8. The largest absolute Gasteiger partial charge is 0.472 e. The third-order valence-electron chi connectivity index (χ3n) is 10.8. The van der Waals surface area contributed by atoms with E-state index < -0.39 is 20.0 Å². The molecule has 5 N–H and O–H groups in total. The molecule has 0 heterocycles. The first kappa shape index (κ1) is 58.9. The Kier molecular flexibility index (Phi) is 45.8. The molecule has 0 spiro atoms. The molecule has 0 rings (SSSR count). The number of carbonyl (C=O) groups is 1. The van der Waals surface area contributed by atoms with Gasteiger partial charge in [0.2, 0.25) is 5.91 Å². The van der Waals surface area contributed by atoms with Gasteiger partial charge in [0.15, 0.2) is 0 Å². The molecule has 3 unspecified atom stereocenters. The second-order valence-corrected chi connectivity index (χ2v) is 18.1. The summed E-state index contributed by atoms with van der Waals surface area (Å²) in [6.45, 7) is 4.02. The van der Waals surface area contributed by atoms with Gasteiger partial charge in [-0.25, -0.2) is 4.57 Å². The van der Waals surface area contributed by atoms with Crippen LogP contribution in [-0.2, 0) is 18.4 Å². The average molecular weight is 875 g/mol. The van der Waals surface area contributed by atoms with Gasteiger partial charge in [0, 0.05) is 13.0 Å². The highest BCUT2D eigenvalue weighted by Crippen LogP contribution is 2.43. The molecule has 61 heavy (non-hydrogen) atoms. The number of hydrogen-bond acceptors (Lipinski definition) is 6. The summed E-state index contributed by atoms with van der Waals surface area (Å²) < 4.78 is 22.2. The lowest BCUT2D eigenvalue weighted by Crippen LogP contribution is -2.45. The monoisotopic (exact) mass is 875 g/mol. The number of nitrogens with one attached hydrogen (secondary N) is 1. The van der Waals surface area contributed by atoms with Crippen molar-refractivity contribution in [2.24, 2.45) is 5.73 Å². The third-order valence-corrected chi connectivity index (χ3v) is 11.8. The van der Waals surface area contributed by atoms with Crippen LogP contribution in [0.3, 0.4) is 0 Å². The fourth-order valence-electron chi connectivity index (χ4n) is 7.04. The highest BCUT2D eigenvalue weighted by molar-refractivity contribution is 7.47. The Labute approximate surface area is 376 Å². The Morgan fingerprint density at radius 2 is 0.951 bits per heavy atom. The van der Waals surface area contributed by atoms with Crippen molar-refractivity contribution in [1.29, 1.82) is 0 Å². The van der Waals surface area contributed by atoms with Gasteiger partial charge in [0.25, 0.3) is 0 Å². The van der Waals surface area contributed by atoms with Crippen molar-refractivity contribution in [3.63, 3.8) is 0 Å². The van der Waals surface area contributed by atoms with Crippen molar-refractivity contribution in [3.8, 4) is 0 Å². The molecule has 8 nitrogen and oxygen atoms in total.